The van der Waals surface area contributed by atoms with E-state index in [2.05, 4.69) is 34.1 Å². The third kappa shape index (κ3) is 6.91. The van der Waals surface area contributed by atoms with Crippen LogP contribution in [0.2, 0.25) is 0 Å². The second kappa shape index (κ2) is 11.6. The van der Waals surface area contributed by atoms with Crippen molar-refractivity contribution in [2.75, 3.05) is 44.2 Å². The van der Waals surface area contributed by atoms with Crippen molar-refractivity contribution < 1.29 is 14.6 Å². The second-order valence-electron chi connectivity index (χ2n) is 8.52. The Morgan fingerprint density at radius 2 is 1.48 bits per heavy atom. The fourth-order valence-electron chi connectivity index (χ4n) is 4.15. The van der Waals surface area contributed by atoms with Crippen molar-refractivity contribution in [3.8, 4) is 5.75 Å². The van der Waals surface area contributed by atoms with E-state index < -0.39 is 6.10 Å². The number of rotatable bonds is 10. The number of benzene rings is 3. The normalized spacial score (nSPS) is 15.2. The minimum Gasteiger partial charge on any atom is -0.491 e. The maximum atomic E-state index is 12.4. The zero-order valence-electron chi connectivity index (χ0n) is 19.0. The van der Waals surface area contributed by atoms with Gasteiger partial charge in [-0.05, 0) is 48.4 Å². The third-order valence-electron chi connectivity index (χ3n) is 6.06. The number of aryl methyl sites for hydroxylation is 1. The molecule has 5 heteroatoms. The quantitative estimate of drug-likeness (QED) is 0.478. The molecule has 0 radical (unpaired) electrons. The molecular weight excluding hydrogens is 412 g/mol. The highest BCUT2D eigenvalue weighted by molar-refractivity contribution is 5.96. The average molecular weight is 445 g/mol. The summed E-state index contributed by atoms with van der Waals surface area (Å²) in [5, 5.41) is 10.4. The summed E-state index contributed by atoms with van der Waals surface area (Å²) in [6.07, 6.45) is 0.671. The Hall–Kier alpha value is -3.15. The standard InChI is InChI=1S/C28H32N2O3/c31-26(21-29-17-19-30(20-18-29)25-9-5-2-6-10-25)22-33-27-14-12-24(13-15-27)28(32)16-11-23-7-3-1-4-8-23/h1-10,12-15,26,31H,11,16-22H2. The fourth-order valence-corrected chi connectivity index (χ4v) is 4.15. The summed E-state index contributed by atoms with van der Waals surface area (Å²) in [5.41, 5.74) is 3.11. The first kappa shape index (κ1) is 23.0. The Kier molecular flexibility index (Phi) is 8.12. The predicted octanol–water partition coefficient (Wildman–Crippen LogP) is 4.06. The smallest absolute Gasteiger partial charge is 0.163 e. The van der Waals surface area contributed by atoms with Crippen molar-refractivity contribution in [1.29, 1.82) is 0 Å². The van der Waals surface area contributed by atoms with E-state index in [0.717, 1.165) is 32.6 Å². The van der Waals surface area contributed by atoms with Gasteiger partial charge in [-0.25, -0.2) is 0 Å². The molecular formula is C28H32N2O3. The topological polar surface area (TPSA) is 53.0 Å². The molecule has 5 nitrogen and oxygen atoms in total. The molecule has 0 spiro atoms. The van der Waals surface area contributed by atoms with Crippen LogP contribution in [-0.4, -0.2) is 61.2 Å². The molecule has 4 rings (SSSR count). The van der Waals surface area contributed by atoms with Crippen LogP contribution in [0.1, 0.15) is 22.3 Å². The summed E-state index contributed by atoms with van der Waals surface area (Å²) in [7, 11) is 0. The largest absolute Gasteiger partial charge is 0.491 e. The number of hydrogen-bond donors (Lipinski definition) is 1. The monoisotopic (exact) mass is 444 g/mol. The Labute approximate surface area is 196 Å². The Bertz CT molecular complexity index is 985. The number of para-hydroxylation sites is 1. The van der Waals surface area contributed by atoms with E-state index in [1.54, 1.807) is 24.3 Å². The molecule has 1 unspecified atom stereocenters. The summed E-state index contributed by atoms with van der Waals surface area (Å²) >= 11 is 0. The molecule has 1 fully saturated rings. The molecule has 1 N–H and O–H groups in total. The predicted molar refractivity (Wildman–Crippen MR) is 132 cm³/mol. The zero-order valence-corrected chi connectivity index (χ0v) is 19.0. The lowest BCUT2D eigenvalue weighted by Crippen LogP contribution is -2.49. The number of piperazine rings is 1. The van der Waals surface area contributed by atoms with Gasteiger partial charge >= 0.3 is 0 Å². The van der Waals surface area contributed by atoms with Crippen LogP contribution in [0.5, 0.6) is 5.75 Å². The van der Waals surface area contributed by atoms with E-state index >= 15 is 0 Å². The molecule has 1 saturated heterocycles. The summed E-state index contributed by atoms with van der Waals surface area (Å²) in [6.45, 7) is 4.59. The average Bonchev–Trinajstić information content (AvgIpc) is 2.88. The highest BCUT2D eigenvalue weighted by Gasteiger charge is 2.19. The van der Waals surface area contributed by atoms with Gasteiger partial charge in [0.2, 0.25) is 0 Å². The number of anilines is 1. The van der Waals surface area contributed by atoms with E-state index in [1.165, 1.54) is 11.3 Å². The first-order valence-corrected chi connectivity index (χ1v) is 11.7. The molecule has 1 heterocycles. The molecule has 33 heavy (non-hydrogen) atoms. The minimum absolute atomic E-state index is 0.125. The van der Waals surface area contributed by atoms with E-state index in [4.69, 9.17) is 4.74 Å². The molecule has 0 bridgehead atoms. The lowest BCUT2D eigenvalue weighted by Gasteiger charge is -2.36. The highest BCUT2D eigenvalue weighted by Crippen LogP contribution is 2.17. The van der Waals surface area contributed by atoms with Crippen molar-refractivity contribution in [3.05, 3.63) is 96.1 Å². The van der Waals surface area contributed by atoms with Crippen LogP contribution < -0.4 is 9.64 Å². The number of carbonyl (C=O) groups excluding carboxylic acids is 1. The highest BCUT2D eigenvalue weighted by atomic mass is 16.5. The molecule has 1 aliphatic rings. The Morgan fingerprint density at radius 3 is 2.15 bits per heavy atom. The van der Waals surface area contributed by atoms with E-state index in [9.17, 15) is 9.90 Å². The number of Topliss-reactive ketones (excluding diaryl/α,β-unsaturated/α-hetero) is 1. The number of ether oxygens (including phenoxy) is 1. The lowest BCUT2D eigenvalue weighted by molar-refractivity contribution is 0.0663. The van der Waals surface area contributed by atoms with Crippen molar-refractivity contribution in [3.63, 3.8) is 0 Å². The van der Waals surface area contributed by atoms with Crippen LogP contribution in [-0.2, 0) is 6.42 Å². The van der Waals surface area contributed by atoms with Crippen LogP contribution in [0.25, 0.3) is 0 Å². The molecule has 3 aromatic carbocycles. The van der Waals surface area contributed by atoms with Gasteiger partial charge in [0.15, 0.2) is 5.78 Å². The molecule has 0 aliphatic carbocycles. The van der Waals surface area contributed by atoms with Crippen molar-refractivity contribution >= 4 is 11.5 Å². The number of aliphatic hydroxyl groups excluding tert-OH is 1. The van der Waals surface area contributed by atoms with Gasteiger partial charge in [0.05, 0.1) is 0 Å². The number of aliphatic hydroxyl groups is 1. The van der Waals surface area contributed by atoms with E-state index in [0.29, 0.717) is 24.3 Å². The van der Waals surface area contributed by atoms with Crippen LogP contribution >= 0.6 is 0 Å². The molecule has 0 amide bonds. The summed E-state index contributed by atoms with van der Waals surface area (Å²) < 4.78 is 5.77. The lowest BCUT2D eigenvalue weighted by atomic mass is 10.0. The number of hydrogen-bond acceptors (Lipinski definition) is 5. The molecule has 1 aliphatic heterocycles. The first-order valence-electron chi connectivity index (χ1n) is 11.7. The number of ketones is 1. The molecule has 172 valence electrons. The summed E-state index contributed by atoms with van der Waals surface area (Å²) in [4.78, 5) is 17.1. The van der Waals surface area contributed by atoms with Crippen molar-refractivity contribution in [2.24, 2.45) is 0 Å². The van der Waals surface area contributed by atoms with Gasteiger partial charge in [0, 0.05) is 50.4 Å². The van der Waals surface area contributed by atoms with Gasteiger partial charge < -0.3 is 14.7 Å². The summed E-state index contributed by atoms with van der Waals surface area (Å²) in [5.74, 6) is 0.794. The maximum Gasteiger partial charge on any atom is 0.163 e. The third-order valence-corrected chi connectivity index (χ3v) is 6.06. The zero-order chi connectivity index (χ0) is 22.9. The number of carbonyl (C=O) groups is 1. The van der Waals surface area contributed by atoms with Gasteiger partial charge in [-0.2, -0.15) is 0 Å². The van der Waals surface area contributed by atoms with Gasteiger partial charge in [0.1, 0.15) is 18.5 Å². The molecule has 1 atom stereocenters. The van der Waals surface area contributed by atoms with E-state index in [1.807, 2.05) is 36.4 Å². The second-order valence-corrected chi connectivity index (χ2v) is 8.52. The van der Waals surface area contributed by atoms with Gasteiger partial charge in [-0.1, -0.05) is 48.5 Å². The van der Waals surface area contributed by atoms with Crippen LogP contribution in [0, 0.1) is 0 Å². The summed E-state index contributed by atoms with van der Waals surface area (Å²) in [6, 6.07) is 27.7. The van der Waals surface area contributed by atoms with Crippen LogP contribution in [0.4, 0.5) is 5.69 Å². The van der Waals surface area contributed by atoms with Gasteiger partial charge in [0.25, 0.3) is 0 Å². The van der Waals surface area contributed by atoms with Gasteiger partial charge in [-0.3, -0.25) is 9.69 Å². The molecule has 3 aromatic rings. The Balaban J connectivity index is 1.17. The SMILES string of the molecule is O=C(CCc1ccccc1)c1ccc(OCC(O)CN2CCN(c3ccccc3)CC2)cc1. The Morgan fingerprint density at radius 1 is 0.848 bits per heavy atom. The molecule has 0 saturated carbocycles. The maximum absolute atomic E-state index is 12.4. The number of β-amino-alcohol motifs (C(OH)–C–C–N with tert-alkyl or cyclic N) is 1. The van der Waals surface area contributed by atoms with Crippen LogP contribution in [0.15, 0.2) is 84.9 Å². The van der Waals surface area contributed by atoms with Crippen LogP contribution in [0.3, 0.4) is 0 Å². The minimum atomic E-state index is -0.555. The van der Waals surface area contributed by atoms with Crippen molar-refractivity contribution in [2.45, 2.75) is 18.9 Å². The first-order chi connectivity index (χ1) is 16.2. The van der Waals surface area contributed by atoms with Crippen molar-refractivity contribution in [1.82, 2.24) is 4.90 Å². The number of nitrogens with zero attached hydrogens (tertiary/aromatic N) is 2. The van der Waals surface area contributed by atoms with Gasteiger partial charge in [-0.15, -0.1) is 0 Å². The molecule has 0 aromatic heterocycles. The fraction of sp³-hybridized carbons (Fsp3) is 0.321. The van der Waals surface area contributed by atoms with E-state index in [-0.39, 0.29) is 12.4 Å².